The highest BCUT2D eigenvalue weighted by Crippen LogP contribution is 2.61. The van der Waals surface area contributed by atoms with Crippen molar-refractivity contribution in [3.05, 3.63) is 4.91 Å². The molecule has 0 heterocycles. The number of nitrogens with zero attached hydrogens (tertiary/aromatic N) is 1. The Hall–Kier alpha value is 1.41. The van der Waals surface area contributed by atoms with Crippen LogP contribution in [0.25, 0.3) is 0 Å². The first-order valence-electron chi connectivity index (χ1n) is 1.08. The maximum Gasteiger partial charge on any atom is 0.0107 e. The summed E-state index contributed by atoms with van der Waals surface area (Å²) in [7, 11) is 0. The fraction of sp³-hybridized carbons (Fsp3) is 1.00. The molecule has 2 nitrogen and oxygen atoms in total. The summed E-state index contributed by atoms with van der Waals surface area (Å²) in [5.41, 5.74) is 0. The van der Waals surface area contributed by atoms with Gasteiger partial charge in [-0.05, 0) is 0 Å². The molecule has 0 N–H and O–H groups in total. The molecule has 0 aromatic carbocycles. The Bertz CT molecular complexity index is 59.1. The Kier molecular flexibility index (Phi) is 3.28. The summed E-state index contributed by atoms with van der Waals surface area (Å²) >= 11 is 4.06. The molecule has 0 radical (unpaired) electrons. The maximum atomic E-state index is 9.60. The molecule has 0 saturated heterocycles. The zero-order valence-electron chi connectivity index (χ0n) is 3.02. The van der Waals surface area contributed by atoms with Gasteiger partial charge in [0, 0.05) is 57.8 Å². The SMILES string of the molecule is CS(I)(I)N=O. The van der Waals surface area contributed by atoms with Crippen molar-refractivity contribution < 1.29 is 0 Å². The van der Waals surface area contributed by atoms with Gasteiger partial charge in [0.15, 0.2) is 0 Å². The van der Waals surface area contributed by atoms with E-state index in [1.165, 1.54) is 0 Å². The number of hydrogen-bond acceptors (Lipinski definition) is 2. The van der Waals surface area contributed by atoms with Gasteiger partial charge in [-0.1, -0.05) is 0 Å². The van der Waals surface area contributed by atoms with Crippen LogP contribution in [0.2, 0.25) is 0 Å². The molecule has 0 spiro atoms. The molecule has 5 heteroatoms. The van der Waals surface area contributed by atoms with Crippen LogP contribution in [-0.2, 0) is 0 Å². The summed E-state index contributed by atoms with van der Waals surface area (Å²) in [6.07, 6.45) is 1.82. The topological polar surface area (TPSA) is 29.4 Å². The van der Waals surface area contributed by atoms with E-state index in [0.717, 1.165) is 0 Å². The van der Waals surface area contributed by atoms with Gasteiger partial charge >= 0.3 is 0 Å². The Morgan fingerprint density at radius 1 is 1.67 bits per heavy atom. The lowest BCUT2D eigenvalue weighted by Gasteiger charge is -2.03. The van der Waals surface area contributed by atoms with Crippen molar-refractivity contribution in [2.24, 2.45) is 4.58 Å². The fourth-order valence-electron chi connectivity index (χ4n) is 0. The van der Waals surface area contributed by atoms with Gasteiger partial charge in [0.05, 0.1) is 0 Å². The Morgan fingerprint density at radius 3 is 1.83 bits per heavy atom. The van der Waals surface area contributed by atoms with E-state index in [1.54, 1.807) is 0 Å². The van der Waals surface area contributed by atoms with Crippen LogP contribution in [0.3, 0.4) is 0 Å². The van der Waals surface area contributed by atoms with E-state index in [1.807, 2.05) is 48.7 Å². The third-order valence-corrected chi connectivity index (χ3v) is 1.36. The molecule has 38 valence electrons. The van der Waals surface area contributed by atoms with E-state index in [9.17, 15) is 4.91 Å². The van der Waals surface area contributed by atoms with Crippen molar-refractivity contribution >= 4 is 47.0 Å². The van der Waals surface area contributed by atoms with E-state index >= 15 is 0 Å². The van der Waals surface area contributed by atoms with Crippen LogP contribution in [0.5, 0.6) is 0 Å². The lowest BCUT2D eigenvalue weighted by molar-refractivity contribution is 1.87. The predicted octanol–water partition coefficient (Wildman–Crippen LogP) is 2.80. The van der Waals surface area contributed by atoms with Crippen molar-refractivity contribution in [3.8, 4) is 0 Å². The fourth-order valence-corrected chi connectivity index (χ4v) is 0. The molecule has 0 aliphatic rings. The summed E-state index contributed by atoms with van der Waals surface area (Å²) in [5.74, 6) is 0. The van der Waals surface area contributed by atoms with Crippen LogP contribution in [0.15, 0.2) is 4.58 Å². The molecule has 0 atom stereocenters. The molecule has 0 unspecified atom stereocenters. The van der Waals surface area contributed by atoms with Gasteiger partial charge < -0.3 is 0 Å². The lowest BCUT2D eigenvalue weighted by Crippen LogP contribution is -1.58. The average molecular weight is 331 g/mol. The highest BCUT2D eigenvalue weighted by Gasteiger charge is 2.04. The van der Waals surface area contributed by atoms with Crippen molar-refractivity contribution in [2.45, 2.75) is 0 Å². The number of rotatable bonds is 1. The number of halogens is 2. The normalized spacial score (nSPS) is 13.8. The second-order valence-electron chi connectivity index (χ2n) is 0.762. The van der Waals surface area contributed by atoms with E-state index < -0.39 is 4.56 Å². The zero-order chi connectivity index (χ0) is 5.21. The highest BCUT2D eigenvalue weighted by atomic mass is 127. The minimum absolute atomic E-state index is 1.15. The Morgan fingerprint density at radius 2 is 1.83 bits per heavy atom. The van der Waals surface area contributed by atoms with Gasteiger partial charge in [0.1, 0.15) is 0 Å². The molecule has 0 fully saturated rings. The first-order valence-corrected chi connectivity index (χ1v) is 8.17. The summed E-state index contributed by atoms with van der Waals surface area (Å²) in [6, 6.07) is 0. The molecule has 0 aromatic heterocycles. The van der Waals surface area contributed by atoms with Crippen molar-refractivity contribution in [2.75, 3.05) is 6.26 Å². The molecular weight excluding hydrogens is 328 g/mol. The van der Waals surface area contributed by atoms with Crippen LogP contribution in [0.1, 0.15) is 0 Å². The van der Waals surface area contributed by atoms with Crippen LogP contribution in [0, 0.1) is 4.91 Å². The Labute approximate surface area is 62.0 Å². The van der Waals surface area contributed by atoms with E-state index in [0.29, 0.717) is 0 Å². The minimum Gasteiger partial charge on any atom is -0.138 e. The minimum atomic E-state index is -1.15. The molecular formula is CH3I2NOS. The monoisotopic (exact) mass is 331 g/mol. The molecule has 0 bridgehead atoms. The second-order valence-corrected chi connectivity index (χ2v) is 17.6. The van der Waals surface area contributed by atoms with Crippen LogP contribution >= 0.6 is 47.0 Å². The number of nitroso groups, excluding NO2 is 1. The molecule has 0 aliphatic carbocycles. The summed E-state index contributed by atoms with van der Waals surface area (Å²) in [4.78, 5) is 9.60. The molecule has 0 aliphatic heterocycles. The van der Waals surface area contributed by atoms with E-state index in [4.69, 9.17) is 0 Å². The molecule has 0 aromatic rings. The van der Waals surface area contributed by atoms with Gasteiger partial charge in [-0.25, -0.2) is 0 Å². The van der Waals surface area contributed by atoms with Gasteiger partial charge in [-0.2, -0.15) is 0 Å². The third-order valence-electron chi connectivity index (χ3n) is 0.131. The van der Waals surface area contributed by atoms with Crippen molar-refractivity contribution in [3.63, 3.8) is 0 Å². The quantitative estimate of drug-likeness (QED) is 0.537. The zero-order valence-corrected chi connectivity index (χ0v) is 8.15. The first kappa shape index (κ1) is 7.41. The highest BCUT2D eigenvalue weighted by molar-refractivity contribution is 14.3. The molecule has 0 saturated carbocycles. The van der Waals surface area contributed by atoms with Gasteiger partial charge in [0.25, 0.3) is 0 Å². The number of hydrogen-bond donors (Lipinski definition) is 0. The standard InChI is InChI=1S/CH3I2NOS/c1-6(2,3)4-5/h1H3. The van der Waals surface area contributed by atoms with Crippen LogP contribution in [0.4, 0.5) is 0 Å². The molecule has 0 rings (SSSR count). The van der Waals surface area contributed by atoms with Gasteiger partial charge in [-0.3, -0.25) is 0 Å². The summed E-state index contributed by atoms with van der Waals surface area (Å²) in [6.45, 7) is 0. The average Bonchev–Trinajstić information content (AvgIpc) is 1.35. The van der Waals surface area contributed by atoms with Crippen LogP contribution in [-0.4, -0.2) is 6.26 Å². The van der Waals surface area contributed by atoms with Crippen molar-refractivity contribution in [1.82, 2.24) is 0 Å². The van der Waals surface area contributed by atoms with Gasteiger partial charge in [-0.15, -0.1) is 4.91 Å². The second kappa shape index (κ2) is 2.65. The largest absolute Gasteiger partial charge is 0.138 e. The Balaban J connectivity index is 3.45. The van der Waals surface area contributed by atoms with Gasteiger partial charge in [0.2, 0.25) is 0 Å². The maximum absolute atomic E-state index is 9.60. The van der Waals surface area contributed by atoms with E-state index in [2.05, 4.69) is 4.58 Å². The van der Waals surface area contributed by atoms with Crippen LogP contribution < -0.4 is 0 Å². The smallest absolute Gasteiger partial charge is 0.0107 e. The van der Waals surface area contributed by atoms with E-state index in [-0.39, 0.29) is 0 Å². The van der Waals surface area contributed by atoms with Crippen molar-refractivity contribution in [1.29, 1.82) is 0 Å². The predicted molar refractivity (Wildman–Crippen MR) is 47.4 cm³/mol. The summed E-state index contributed by atoms with van der Waals surface area (Å²) in [5, 5.41) is 0. The third kappa shape index (κ3) is 5.41. The molecule has 0 amide bonds. The first-order chi connectivity index (χ1) is 2.56. The lowest BCUT2D eigenvalue weighted by atomic mass is 12.0. The summed E-state index contributed by atoms with van der Waals surface area (Å²) < 4.78 is 1.67. The molecule has 6 heavy (non-hydrogen) atoms.